The monoisotopic (exact) mass is 387 g/mol. The summed E-state index contributed by atoms with van der Waals surface area (Å²) >= 11 is 1.47. The topological polar surface area (TPSA) is 70.5 Å². The van der Waals surface area contributed by atoms with Gasteiger partial charge < -0.3 is 10.2 Å². The molecule has 1 N–H and O–H groups in total. The number of piperazine rings is 1. The average Bonchev–Trinajstić information content (AvgIpc) is 3.43. The first kappa shape index (κ1) is 18.2. The van der Waals surface area contributed by atoms with Gasteiger partial charge in [0.05, 0.1) is 23.7 Å². The summed E-state index contributed by atoms with van der Waals surface area (Å²) < 4.78 is 1.96. The first-order chi connectivity index (χ1) is 13.2. The quantitative estimate of drug-likeness (QED) is 0.856. The molecular formula is C19H25N5O2S. The molecule has 144 valence electrons. The van der Waals surface area contributed by atoms with E-state index < -0.39 is 0 Å². The molecule has 1 aliphatic heterocycles. The number of thiophene rings is 1. The smallest absolute Gasteiger partial charge is 0.264 e. The van der Waals surface area contributed by atoms with Crippen LogP contribution in [0.1, 0.15) is 41.4 Å². The number of nitrogens with one attached hydrogen (secondary N) is 1. The van der Waals surface area contributed by atoms with Gasteiger partial charge in [-0.1, -0.05) is 18.9 Å². The van der Waals surface area contributed by atoms with Gasteiger partial charge in [-0.15, -0.1) is 11.3 Å². The maximum atomic E-state index is 12.5. The van der Waals surface area contributed by atoms with Gasteiger partial charge >= 0.3 is 0 Å². The van der Waals surface area contributed by atoms with E-state index in [1.165, 1.54) is 24.2 Å². The van der Waals surface area contributed by atoms with Crippen molar-refractivity contribution in [3.8, 4) is 0 Å². The number of carbonyl (C=O) groups excluding carboxylic acids is 2. The molecule has 8 heteroatoms. The van der Waals surface area contributed by atoms with E-state index in [4.69, 9.17) is 0 Å². The van der Waals surface area contributed by atoms with Gasteiger partial charge in [0, 0.05) is 32.2 Å². The van der Waals surface area contributed by atoms with Crippen LogP contribution in [0.3, 0.4) is 0 Å². The van der Waals surface area contributed by atoms with Crippen molar-refractivity contribution in [3.63, 3.8) is 0 Å². The van der Waals surface area contributed by atoms with Gasteiger partial charge in [0.1, 0.15) is 5.82 Å². The summed E-state index contributed by atoms with van der Waals surface area (Å²) in [6, 6.07) is 6.03. The number of anilines is 1. The van der Waals surface area contributed by atoms with E-state index >= 15 is 0 Å². The minimum Gasteiger partial charge on any atom is -0.335 e. The number of hydrogen-bond donors (Lipinski definition) is 1. The Kier molecular flexibility index (Phi) is 5.54. The number of hydrogen-bond acceptors (Lipinski definition) is 5. The Morgan fingerprint density at radius 3 is 2.63 bits per heavy atom. The first-order valence-corrected chi connectivity index (χ1v) is 10.5. The normalized spacial score (nSPS) is 18.7. The fraction of sp³-hybridized carbons (Fsp3) is 0.526. The summed E-state index contributed by atoms with van der Waals surface area (Å²) in [7, 11) is 0. The Morgan fingerprint density at radius 1 is 1.15 bits per heavy atom. The largest absolute Gasteiger partial charge is 0.335 e. The molecule has 1 saturated heterocycles. The Balaban J connectivity index is 1.26. The van der Waals surface area contributed by atoms with Crippen LogP contribution in [0.4, 0.5) is 5.82 Å². The standard InChI is InChI=1S/C19H25N5O2S/c25-18(21-17-7-8-20-24(17)15-4-1-2-5-15)14-22-9-11-23(12-10-22)19(26)16-6-3-13-27-16/h3,6-8,13,15H,1-2,4-5,9-12,14H2,(H,21,25). The third kappa shape index (κ3) is 4.22. The molecule has 2 aromatic rings. The van der Waals surface area contributed by atoms with E-state index in [0.717, 1.165) is 23.5 Å². The maximum absolute atomic E-state index is 12.5. The molecule has 7 nitrogen and oxygen atoms in total. The van der Waals surface area contributed by atoms with Crippen molar-refractivity contribution in [1.29, 1.82) is 0 Å². The van der Waals surface area contributed by atoms with Crippen LogP contribution in [0.25, 0.3) is 0 Å². The summed E-state index contributed by atoms with van der Waals surface area (Å²) in [5.74, 6) is 0.862. The van der Waals surface area contributed by atoms with E-state index in [1.54, 1.807) is 6.20 Å². The summed E-state index contributed by atoms with van der Waals surface area (Å²) in [5, 5.41) is 9.33. The number of amides is 2. The lowest BCUT2D eigenvalue weighted by Crippen LogP contribution is -2.50. The second-order valence-electron chi connectivity index (χ2n) is 7.19. The zero-order chi connectivity index (χ0) is 18.6. The third-order valence-electron chi connectivity index (χ3n) is 5.37. The van der Waals surface area contributed by atoms with Crippen LogP contribution in [-0.2, 0) is 4.79 Å². The lowest BCUT2D eigenvalue weighted by atomic mass is 10.2. The van der Waals surface area contributed by atoms with Gasteiger partial charge in [-0.05, 0) is 24.3 Å². The molecule has 0 bridgehead atoms. The Labute approximate surface area is 162 Å². The van der Waals surface area contributed by atoms with Crippen molar-refractivity contribution < 1.29 is 9.59 Å². The van der Waals surface area contributed by atoms with Gasteiger partial charge in [-0.25, -0.2) is 4.68 Å². The highest BCUT2D eigenvalue weighted by atomic mass is 32.1. The van der Waals surface area contributed by atoms with E-state index in [-0.39, 0.29) is 11.8 Å². The van der Waals surface area contributed by atoms with Gasteiger partial charge in [0.2, 0.25) is 5.91 Å². The van der Waals surface area contributed by atoms with Crippen LogP contribution in [-0.4, -0.2) is 64.1 Å². The van der Waals surface area contributed by atoms with Crippen LogP contribution in [0, 0.1) is 0 Å². The SMILES string of the molecule is O=C(CN1CCN(C(=O)c2cccs2)CC1)Nc1ccnn1C1CCCC1. The highest BCUT2D eigenvalue weighted by Gasteiger charge is 2.25. The molecule has 0 radical (unpaired) electrons. The van der Waals surface area contributed by atoms with Gasteiger partial charge in [0.15, 0.2) is 0 Å². The van der Waals surface area contributed by atoms with Crippen molar-refractivity contribution in [2.24, 2.45) is 0 Å². The van der Waals surface area contributed by atoms with Crippen molar-refractivity contribution >= 4 is 29.0 Å². The lowest BCUT2D eigenvalue weighted by molar-refractivity contribution is -0.117. The molecule has 0 unspecified atom stereocenters. The van der Waals surface area contributed by atoms with Crippen molar-refractivity contribution in [3.05, 3.63) is 34.7 Å². The molecule has 0 atom stereocenters. The number of carbonyl (C=O) groups is 2. The molecule has 1 aliphatic carbocycles. The Hall–Kier alpha value is -2.19. The summed E-state index contributed by atoms with van der Waals surface area (Å²) in [4.78, 5) is 29.6. The molecule has 27 heavy (non-hydrogen) atoms. The second kappa shape index (κ2) is 8.22. The summed E-state index contributed by atoms with van der Waals surface area (Å²) in [6.07, 6.45) is 6.47. The fourth-order valence-electron chi connectivity index (χ4n) is 3.90. The van der Waals surface area contributed by atoms with E-state index in [2.05, 4.69) is 15.3 Å². The Morgan fingerprint density at radius 2 is 1.93 bits per heavy atom. The summed E-state index contributed by atoms with van der Waals surface area (Å²) in [6.45, 7) is 3.09. The highest BCUT2D eigenvalue weighted by Crippen LogP contribution is 2.31. The fourth-order valence-corrected chi connectivity index (χ4v) is 4.59. The molecular weight excluding hydrogens is 362 g/mol. The molecule has 0 aromatic carbocycles. The van der Waals surface area contributed by atoms with E-state index in [9.17, 15) is 9.59 Å². The van der Waals surface area contributed by atoms with Crippen LogP contribution >= 0.6 is 11.3 Å². The third-order valence-corrected chi connectivity index (χ3v) is 6.22. The molecule has 2 fully saturated rings. The molecule has 2 aliphatic rings. The zero-order valence-corrected chi connectivity index (χ0v) is 16.2. The van der Waals surface area contributed by atoms with E-state index in [1.807, 2.05) is 33.2 Å². The van der Waals surface area contributed by atoms with Crippen LogP contribution in [0.15, 0.2) is 29.8 Å². The van der Waals surface area contributed by atoms with Gasteiger partial charge in [0.25, 0.3) is 5.91 Å². The van der Waals surface area contributed by atoms with Crippen LogP contribution in [0.2, 0.25) is 0 Å². The van der Waals surface area contributed by atoms with Crippen LogP contribution < -0.4 is 5.32 Å². The van der Waals surface area contributed by atoms with Crippen LogP contribution in [0.5, 0.6) is 0 Å². The lowest BCUT2D eigenvalue weighted by Gasteiger charge is -2.34. The maximum Gasteiger partial charge on any atom is 0.264 e. The Bertz CT molecular complexity index is 774. The van der Waals surface area contributed by atoms with Gasteiger partial charge in [-0.2, -0.15) is 5.10 Å². The van der Waals surface area contributed by atoms with E-state index in [0.29, 0.717) is 38.8 Å². The predicted molar refractivity (Wildman–Crippen MR) is 105 cm³/mol. The molecule has 2 amide bonds. The second-order valence-corrected chi connectivity index (χ2v) is 8.14. The first-order valence-electron chi connectivity index (χ1n) is 9.59. The van der Waals surface area contributed by atoms with Crippen molar-refractivity contribution in [1.82, 2.24) is 19.6 Å². The van der Waals surface area contributed by atoms with Crippen molar-refractivity contribution in [2.75, 3.05) is 38.0 Å². The van der Waals surface area contributed by atoms with Gasteiger partial charge in [-0.3, -0.25) is 14.5 Å². The molecule has 0 spiro atoms. The highest BCUT2D eigenvalue weighted by molar-refractivity contribution is 7.12. The minimum atomic E-state index is -0.0206. The zero-order valence-electron chi connectivity index (χ0n) is 15.3. The molecule has 4 rings (SSSR count). The summed E-state index contributed by atoms with van der Waals surface area (Å²) in [5.41, 5.74) is 0. The minimum absolute atomic E-state index is 0.0206. The number of nitrogens with zero attached hydrogens (tertiary/aromatic N) is 4. The molecule has 1 saturated carbocycles. The van der Waals surface area contributed by atoms with Crippen molar-refractivity contribution in [2.45, 2.75) is 31.7 Å². The average molecular weight is 388 g/mol. The molecule has 3 heterocycles. The molecule has 2 aromatic heterocycles. The number of rotatable bonds is 5. The predicted octanol–water partition coefficient (Wildman–Crippen LogP) is 2.46. The number of aromatic nitrogens is 2.